The number of methoxy groups -OCH3 is 2. The van der Waals surface area contributed by atoms with E-state index >= 15 is 0 Å². The van der Waals surface area contributed by atoms with Crippen molar-refractivity contribution in [3.05, 3.63) is 23.8 Å². The van der Waals surface area contributed by atoms with E-state index in [9.17, 15) is 13.2 Å². The Morgan fingerprint density at radius 2 is 1.76 bits per heavy atom. The number of aromatic nitrogens is 2. The average molecular weight is 301 g/mol. The van der Waals surface area contributed by atoms with Gasteiger partial charge in [-0.25, -0.2) is 0 Å². The number of alkyl halides is 3. The summed E-state index contributed by atoms with van der Waals surface area (Å²) in [5, 5.41) is 4.13. The van der Waals surface area contributed by atoms with Crippen LogP contribution in [0.4, 0.5) is 19.0 Å². The summed E-state index contributed by atoms with van der Waals surface area (Å²) in [7, 11) is 4.06. The SMILES string of the molecule is COc1c(-c2cc(N)n(C)n2)ccc(C(F)(F)F)c1OC. The van der Waals surface area contributed by atoms with Crippen LogP contribution in [-0.4, -0.2) is 24.0 Å². The van der Waals surface area contributed by atoms with Crippen molar-refractivity contribution in [3.8, 4) is 22.8 Å². The zero-order valence-corrected chi connectivity index (χ0v) is 11.7. The van der Waals surface area contributed by atoms with Gasteiger partial charge in [0, 0.05) is 18.7 Å². The normalized spacial score (nSPS) is 11.5. The van der Waals surface area contributed by atoms with E-state index < -0.39 is 11.7 Å². The van der Waals surface area contributed by atoms with E-state index in [1.807, 2.05) is 0 Å². The van der Waals surface area contributed by atoms with Gasteiger partial charge in [0.2, 0.25) is 0 Å². The van der Waals surface area contributed by atoms with Crippen LogP contribution >= 0.6 is 0 Å². The highest BCUT2D eigenvalue weighted by molar-refractivity contribution is 5.74. The highest BCUT2D eigenvalue weighted by Gasteiger charge is 2.36. The molecular weight excluding hydrogens is 287 g/mol. The van der Waals surface area contributed by atoms with E-state index in [1.54, 1.807) is 13.1 Å². The molecule has 0 radical (unpaired) electrons. The number of nitrogens with two attached hydrogens (primary N) is 1. The molecule has 0 spiro atoms. The maximum absolute atomic E-state index is 13.0. The minimum atomic E-state index is -4.54. The number of anilines is 1. The topological polar surface area (TPSA) is 62.3 Å². The minimum Gasteiger partial charge on any atom is -0.492 e. The molecule has 0 bridgehead atoms. The molecule has 0 amide bonds. The molecule has 0 aliphatic rings. The lowest BCUT2D eigenvalue weighted by Gasteiger charge is -2.17. The third-order valence-electron chi connectivity index (χ3n) is 3.02. The third-order valence-corrected chi connectivity index (χ3v) is 3.02. The molecule has 21 heavy (non-hydrogen) atoms. The molecule has 0 unspecified atom stereocenters. The summed E-state index contributed by atoms with van der Waals surface area (Å²) in [6, 6.07) is 3.76. The van der Waals surface area contributed by atoms with E-state index in [1.165, 1.54) is 17.9 Å². The lowest BCUT2D eigenvalue weighted by molar-refractivity contribution is -0.138. The second kappa shape index (κ2) is 5.19. The number of nitrogens with zero attached hydrogens (tertiary/aromatic N) is 2. The van der Waals surface area contributed by atoms with Gasteiger partial charge >= 0.3 is 6.18 Å². The van der Waals surface area contributed by atoms with Crippen LogP contribution in [0.5, 0.6) is 11.5 Å². The van der Waals surface area contributed by atoms with Crippen LogP contribution in [0.2, 0.25) is 0 Å². The first-order valence-corrected chi connectivity index (χ1v) is 5.91. The monoisotopic (exact) mass is 301 g/mol. The summed E-state index contributed by atoms with van der Waals surface area (Å²) in [5.74, 6) is -0.0388. The molecule has 0 aliphatic carbocycles. The summed E-state index contributed by atoms with van der Waals surface area (Å²) in [6.07, 6.45) is -4.54. The predicted molar refractivity (Wildman–Crippen MR) is 71.2 cm³/mol. The van der Waals surface area contributed by atoms with Crippen molar-refractivity contribution < 1.29 is 22.6 Å². The molecule has 0 fully saturated rings. The van der Waals surface area contributed by atoms with Gasteiger partial charge in [-0.15, -0.1) is 0 Å². The van der Waals surface area contributed by atoms with E-state index in [0.29, 0.717) is 17.1 Å². The molecule has 1 heterocycles. The number of hydrogen-bond donors (Lipinski definition) is 1. The molecule has 1 aromatic carbocycles. The summed E-state index contributed by atoms with van der Waals surface area (Å²) in [6.45, 7) is 0. The van der Waals surface area contributed by atoms with Gasteiger partial charge in [0.05, 0.1) is 19.9 Å². The first kappa shape index (κ1) is 15.0. The Hall–Kier alpha value is -2.38. The molecule has 8 heteroatoms. The first-order valence-electron chi connectivity index (χ1n) is 5.91. The van der Waals surface area contributed by atoms with E-state index in [4.69, 9.17) is 15.2 Å². The molecular formula is C13H14F3N3O2. The van der Waals surface area contributed by atoms with Crippen molar-refractivity contribution in [1.29, 1.82) is 0 Å². The molecule has 0 aliphatic heterocycles. The minimum absolute atomic E-state index is 0.0366. The number of nitrogen functional groups attached to an aromatic ring is 1. The molecule has 5 nitrogen and oxygen atoms in total. The Bertz CT molecular complexity index is 646. The highest BCUT2D eigenvalue weighted by Crippen LogP contribution is 2.46. The summed E-state index contributed by atoms with van der Waals surface area (Å²) >= 11 is 0. The van der Waals surface area contributed by atoms with E-state index in [-0.39, 0.29) is 11.5 Å². The van der Waals surface area contributed by atoms with Crippen LogP contribution in [0.1, 0.15) is 5.56 Å². The Morgan fingerprint density at radius 1 is 1.14 bits per heavy atom. The van der Waals surface area contributed by atoms with Gasteiger partial charge in [-0.05, 0) is 12.1 Å². The Morgan fingerprint density at radius 3 is 2.19 bits per heavy atom. The maximum Gasteiger partial charge on any atom is 0.420 e. The van der Waals surface area contributed by atoms with Crippen molar-refractivity contribution in [2.24, 2.45) is 7.05 Å². The molecule has 0 atom stereocenters. The van der Waals surface area contributed by atoms with Crippen LogP contribution in [-0.2, 0) is 13.2 Å². The summed E-state index contributed by atoms with van der Waals surface area (Å²) in [4.78, 5) is 0. The summed E-state index contributed by atoms with van der Waals surface area (Å²) in [5.41, 5.74) is 5.55. The van der Waals surface area contributed by atoms with Gasteiger partial charge in [0.25, 0.3) is 0 Å². The molecule has 0 saturated carbocycles. The fourth-order valence-corrected chi connectivity index (χ4v) is 2.01. The molecule has 2 aromatic rings. The number of halogens is 3. The van der Waals surface area contributed by atoms with Gasteiger partial charge in [-0.2, -0.15) is 18.3 Å². The second-order valence-corrected chi connectivity index (χ2v) is 4.30. The van der Waals surface area contributed by atoms with Crippen LogP contribution in [0.25, 0.3) is 11.3 Å². The number of benzene rings is 1. The largest absolute Gasteiger partial charge is 0.492 e. The summed E-state index contributed by atoms with van der Waals surface area (Å²) < 4.78 is 50.3. The van der Waals surface area contributed by atoms with Gasteiger partial charge in [-0.1, -0.05) is 0 Å². The van der Waals surface area contributed by atoms with Crippen LogP contribution in [0.15, 0.2) is 18.2 Å². The van der Waals surface area contributed by atoms with Crippen LogP contribution in [0.3, 0.4) is 0 Å². The first-order chi connectivity index (χ1) is 9.79. The van der Waals surface area contributed by atoms with Crippen molar-refractivity contribution in [3.63, 3.8) is 0 Å². The second-order valence-electron chi connectivity index (χ2n) is 4.30. The lowest BCUT2D eigenvalue weighted by Crippen LogP contribution is -2.09. The van der Waals surface area contributed by atoms with Crippen LogP contribution in [0, 0.1) is 0 Å². The molecule has 2 N–H and O–H groups in total. The van der Waals surface area contributed by atoms with Crippen molar-refractivity contribution in [1.82, 2.24) is 9.78 Å². The zero-order chi connectivity index (χ0) is 15.8. The molecule has 1 aromatic heterocycles. The van der Waals surface area contributed by atoms with Crippen molar-refractivity contribution >= 4 is 5.82 Å². The van der Waals surface area contributed by atoms with Crippen molar-refractivity contribution in [2.75, 3.05) is 20.0 Å². The maximum atomic E-state index is 13.0. The number of ether oxygens (including phenoxy) is 2. The van der Waals surface area contributed by atoms with Gasteiger partial charge in [0.1, 0.15) is 11.4 Å². The van der Waals surface area contributed by atoms with E-state index in [0.717, 1.165) is 13.2 Å². The molecule has 0 saturated heterocycles. The van der Waals surface area contributed by atoms with Gasteiger partial charge in [0.15, 0.2) is 11.5 Å². The molecule has 2 rings (SSSR count). The number of rotatable bonds is 3. The van der Waals surface area contributed by atoms with E-state index in [2.05, 4.69) is 5.10 Å². The average Bonchev–Trinajstić information content (AvgIpc) is 2.75. The smallest absolute Gasteiger partial charge is 0.420 e. The predicted octanol–water partition coefficient (Wildman–Crippen LogP) is 2.71. The fraction of sp³-hybridized carbons (Fsp3) is 0.308. The number of hydrogen-bond acceptors (Lipinski definition) is 4. The Labute approximate surface area is 119 Å². The standard InChI is InChI=1S/C13H14F3N3O2/c1-19-10(17)6-9(18-19)7-4-5-8(13(14,15)16)12(21-3)11(7)20-2/h4-6H,17H2,1-3H3. The third kappa shape index (κ3) is 2.61. The highest BCUT2D eigenvalue weighted by atomic mass is 19.4. The number of aryl methyl sites for hydroxylation is 1. The molecule has 114 valence electrons. The quantitative estimate of drug-likeness (QED) is 0.947. The van der Waals surface area contributed by atoms with Crippen LogP contribution < -0.4 is 15.2 Å². The Kier molecular flexibility index (Phi) is 3.71. The Balaban J connectivity index is 2.69. The van der Waals surface area contributed by atoms with Gasteiger partial charge in [-0.3, -0.25) is 4.68 Å². The fourth-order valence-electron chi connectivity index (χ4n) is 2.01. The van der Waals surface area contributed by atoms with Gasteiger partial charge < -0.3 is 15.2 Å². The zero-order valence-electron chi connectivity index (χ0n) is 11.7. The van der Waals surface area contributed by atoms with Crippen molar-refractivity contribution in [2.45, 2.75) is 6.18 Å². The lowest BCUT2D eigenvalue weighted by atomic mass is 10.1.